The SMILES string of the molecule is COC(=O)c1c(NC(=O)c2ccc(OC)cc2)c2cc(N[C@H](C)CSC)cnc2n1C. The molecule has 1 amide bonds. The van der Waals surface area contributed by atoms with Gasteiger partial charge in [0, 0.05) is 29.8 Å². The molecule has 0 fully saturated rings. The Bertz CT molecular complexity index is 1100. The highest BCUT2D eigenvalue weighted by Crippen LogP contribution is 2.32. The maximum Gasteiger partial charge on any atom is 0.356 e. The van der Waals surface area contributed by atoms with Gasteiger partial charge >= 0.3 is 5.97 Å². The van der Waals surface area contributed by atoms with E-state index in [-0.39, 0.29) is 17.6 Å². The van der Waals surface area contributed by atoms with Crippen LogP contribution in [0.5, 0.6) is 5.75 Å². The van der Waals surface area contributed by atoms with E-state index in [1.165, 1.54) is 7.11 Å². The molecule has 2 heterocycles. The summed E-state index contributed by atoms with van der Waals surface area (Å²) < 4.78 is 11.7. The molecule has 1 aromatic carbocycles. The first-order valence-corrected chi connectivity index (χ1v) is 11.1. The zero-order valence-electron chi connectivity index (χ0n) is 18.2. The molecule has 3 rings (SSSR count). The molecule has 0 spiro atoms. The average molecular weight is 443 g/mol. The molecule has 2 aromatic heterocycles. The van der Waals surface area contributed by atoms with E-state index in [1.807, 2.05) is 12.3 Å². The van der Waals surface area contributed by atoms with Crippen LogP contribution in [0.2, 0.25) is 0 Å². The number of fused-ring (bicyclic) bond motifs is 1. The summed E-state index contributed by atoms with van der Waals surface area (Å²) in [6, 6.07) is 8.84. The summed E-state index contributed by atoms with van der Waals surface area (Å²) in [7, 11) is 4.58. The molecule has 0 unspecified atom stereocenters. The van der Waals surface area contributed by atoms with E-state index in [4.69, 9.17) is 9.47 Å². The van der Waals surface area contributed by atoms with Crippen LogP contribution in [0.4, 0.5) is 11.4 Å². The number of esters is 1. The van der Waals surface area contributed by atoms with Gasteiger partial charge in [-0.3, -0.25) is 4.79 Å². The molecule has 164 valence electrons. The topological polar surface area (TPSA) is 94.5 Å². The summed E-state index contributed by atoms with van der Waals surface area (Å²) in [6.45, 7) is 2.08. The Balaban J connectivity index is 2.04. The molecule has 3 aromatic rings. The number of hydrogen-bond donors (Lipinski definition) is 2. The summed E-state index contributed by atoms with van der Waals surface area (Å²) in [5, 5.41) is 6.92. The first-order valence-electron chi connectivity index (χ1n) is 9.67. The number of rotatable bonds is 8. The second-order valence-electron chi connectivity index (χ2n) is 7.05. The van der Waals surface area contributed by atoms with Crippen LogP contribution in [0, 0.1) is 0 Å². The van der Waals surface area contributed by atoms with Crippen molar-refractivity contribution < 1.29 is 19.1 Å². The van der Waals surface area contributed by atoms with Crippen LogP contribution >= 0.6 is 11.8 Å². The van der Waals surface area contributed by atoms with Crippen molar-refractivity contribution in [1.82, 2.24) is 9.55 Å². The number of nitrogens with one attached hydrogen (secondary N) is 2. The fourth-order valence-electron chi connectivity index (χ4n) is 3.36. The van der Waals surface area contributed by atoms with E-state index in [2.05, 4.69) is 22.5 Å². The molecule has 31 heavy (non-hydrogen) atoms. The minimum atomic E-state index is -0.559. The Morgan fingerprint density at radius 2 is 1.94 bits per heavy atom. The number of aryl methyl sites for hydroxylation is 1. The zero-order valence-corrected chi connectivity index (χ0v) is 19.0. The summed E-state index contributed by atoms with van der Waals surface area (Å²) in [6.07, 6.45) is 3.77. The number of amides is 1. The molecule has 0 aliphatic heterocycles. The molecule has 0 aliphatic rings. The number of nitrogens with zero attached hydrogens (tertiary/aromatic N) is 2. The van der Waals surface area contributed by atoms with E-state index in [0.29, 0.717) is 28.0 Å². The molecule has 0 saturated carbocycles. The quantitative estimate of drug-likeness (QED) is 0.513. The van der Waals surface area contributed by atoms with E-state index < -0.39 is 5.97 Å². The third-order valence-electron chi connectivity index (χ3n) is 4.83. The van der Waals surface area contributed by atoms with Crippen molar-refractivity contribution >= 4 is 46.0 Å². The lowest BCUT2D eigenvalue weighted by Crippen LogP contribution is -2.17. The first kappa shape index (κ1) is 22.5. The van der Waals surface area contributed by atoms with E-state index >= 15 is 0 Å². The van der Waals surface area contributed by atoms with Crippen molar-refractivity contribution in [2.45, 2.75) is 13.0 Å². The summed E-state index contributed by atoms with van der Waals surface area (Å²) >= 11 is 1.74. The van der Waals surface area contributed by atoms with Crippen molar-refractivity contribution in [2.75, 3.05) is 36.9 Å². The highest BCUT2D eigenvalue weighted by Gasteiger charge is 2.25. The maximum absolute atomic E-state index is 12.9. The van der Waals surface area contributed by atoms with Crippen LogP contribution in [0.3, 0.4) is 0 Å². The lowest BCUT2D eigenvalue weighted by Gasteiger charge is -2.14. The summed E-state index contributed by atoms with van der Waals surface area (Å²) in [5.41, 5.74) is 2.38. The van der Waals surface area contributed by atoms with Gasteiger partial charge in [-0.15, -0.1) is 0 Å². The molecule has 9 heteroatoms. The van der Waals surface area contributed by atoms with Gasteiger partial charge in [0.05, 0.1) is 31.8 Å². The van der Waals surface area contributed by atoms with Crippen molar-refractivity contribution in [2.24, 2.45) is 7.05 Å². The predicted octanol–water partition coefficient (Wildman–Crippen LogP) is 3.78. The molecule has 0 saturated heterocycles. The molecule has 1 atom stereocenters. The molecule has 0 aliphatic carbocycles. The number of hydrogen-bond acceptors (Lipinski definition) is 7. The van der Waals surface area contributed by atoms with Crippen molar-refractivity contribution in [3.63, 3.8) is 0 Å². The van der Waals surface area contributed by atoms with Gasteiger partial charge in [-0.25, -0.2) is 9.78 Å². The highest BCUT2D eigenvalue weighted by atomic mass is 32.2. The van der Waals surface area contributed by atoms with Crippen LogP contribution in [-0.4, -0.2) is 53.7 Å². The number of benzene rings is 1. The fraction of sp³-hybridized carbons (Fsp3) is 0.318. The zero-order chi connectivity index (χ0) is 22.5. The minimum Gasteiger partial charge on any atom is -0.497 e. The Morgan fingerprint density at radius 1 is 1.23 bits per heavy atom. The number of thioether (sulfide) groups is 1. The Hall–Kier alpha value is -3.20. The normalized spacial score (nSPS) is 11.8. The van der Waals surface area contributed by atoms with Crippen LogP contribution in [-0.2, 0) is 11.8 Å². The van der Waals surface area contributed by atoms with E-state index in [1.54, 1.807) is 60.9 Å². The molecular weight excluding hydrogens is 416 g/mol. The van der Waals surface area contributed by atoms with Crippen LogP contribution in [0.25, 0.3) is 11.0 Å². The average Bonchev–Trinajstić information content (AvgIpc) is 3.04. The second-order valence-corrected chi connectivity index (χ2v) is 7.96. The number of anilines is 2. The summed E-state index contributed by atoms with van der Waals surface area (Å²) in [4.78, 5) is 30.0. The fourth-order valence-corrected chi connectivity index (χ4v) is 3.94. The molecule has 0 bridgehead atoms. The standard InChI is InChI=1S/C22H26N4O4S/c1-13(12-31-5)24-15-10-17-18(19(22(28)30-4)26(2)20(17)23-11-15)25-21(27)14-6-8-16(29-3)9-7-14/h6-11,13,24H,12H2,1-5H3,(H,25,27)/t13-/m1/s1. The first-order chi connectivity index (χ1) is 14.9. The van der Waals surface area contributed by atoms with Gasteiger partial charge in [0.15, 0.2) is 5.69 Å². The molecular formula is C22H26N4O4S. The molecule has 0 radical (unpaired) electrons. The second kappa shape index (κ2) is 9.74. The van der Waals surface area contributed by atoms with Crippen molar-refractivity contribution in [1.29, 1.82) is 0 Å². The third kappa shape index (κ3) is 4.77. The van der Waals surface area contributed by atoms with Gasteiger partial charge in [-0.2, -0.15) is 11.8 Å². The van der Waals surface area contributed by atoms with Gasteiger partial charge in [0.1, 0.15) is 11.4 Å². The number of aromatic nitrogens is 2. The number of ether oxygens (including phenoxy) is 2. The number of pyridine rings is 1. The van der Waals surface area contributed by atoms with E-state index in [9.17, 15) is 9.59 Å². The maximum atomic E-state index is 12.9. The third-order valence-corrected chi connectivity index (χ3v) is 5.66. The largest absolute Gasteiger partial charge is 0.497 e. The van der Waals surface area contributed by atoms with Gasteiger partial charge in [0.2, 0.25) is 0 Å². The lowest BCUT2D eigenvalue weighted by molar-refractivity contribution is 0.0591. The van der Waals surface area contributed by atoms with Gasteiger partial charge in [-0.05, 0) is 43.5 Å². The number of carbonyl (C=O) groups is 2. The monoisotopic (exact) mass is 442 g/mol. The highest BCUT2D eigenvalue weighted by molar-refractivity contribution is 7.98. The van der Waals surface area contributed by atoms with Gasteiger partial charge in [-0.1, -0.05) is 0 Å². The smallest absolute Gasteiger partial charge is 0.356 e. The predicted molar refractivity (Wildman–Crippen MR) is 124 cm³/mol. The van der Waals surface area contributed by atoms with Gasteiger partial charge < -0.3 is 24.7 Å². The van der Waals surface area contributed by atoms with Crippen molar-refractivity contribution in [3.8, 4) is 5.75 Å². The Kier molecular flexibility index (Phi) is 7.06. The van der Waals surface area contributed by atoms with Crippen LogP contribution in [0.1, 0.15) is 27.8 Å². The van der Waals surface area contributed by atoms with Crippen molar-refractivity contribution in [3.05, 3.63) is 47.8 Å². The summed E-state index contributed by atoms with van der Waals surface area (Å²) in [5.74, 6) is 0.669. The minimum absolute atomic E-state index is 0.223. The van der Waals surface area contributed by atoms with Gasteiger partial charge in [0.25, 0.3) is 5.91 Å². The van der Waals surface area contributed by atoms with Crippen LogP contribution in [0.15, 0.2) is 36.5 Å². The molecule has 8 nitrogen and oxygen atoms in total. The Morgan fingerprint density at radius 3 is 2.55 bits per heavy atom. The molecule has 2 N–H and O–H groups in total. The van der Waals surface area contributed by atoms with Crippen LogP contribution < -0.4 is 15.4 Å². The number of methoxy groups -OCH3 is 2. The Labute approximate surface area is 185 Å². The number of carbonyl (C=O) groups excluding carboxylic acids is 2. The van der Waals surface area contributed by atoms with E-state index in [0.717, 1.165) is 11.4 Å². The lowest BCUT2D eigenvalue weighted by atomic mass is 10.2.